The lowest BCUT2D eigenvalue weighted by Gasteiger charge is -2.38. The third kappa shape index (κ3) is 6.01. The summed E-state index contributed by atoms with van der Waals surface area (Å²) in [6, 6.07) is 23.1. The zero-order valence-corrected chi connectivity index (χ0v) is 21.2. The molecule has 2 heterocycles. The Balaban J connectivity index is 1.23. The molecule has 3 aromatic carbocycles. The normalized spacial score (nSPS) is 19.9. The van der Waals surface area contributed by atoms with Crippen molar-refractivity contribution in [3.8, 4) is 6.07 Å². The molecule has 2 aliphatic heterocycles. The molecule has 1 N–H and O–H groups in total. The minimum Gasteiger partial charge on any atom is -0.368 e. The van der Waals surface area contributed by atoms with Gasteiger partial charge in [-0.2, -0.15) is 5.26 Å². The van der Waals surface area contributed by atoms with E-state index in [2.05, 4.69) is 33.3 Å². The van der Waals surface area contributed by atoms with Crippen LogP contribution in [0, 0.1) is 23.0 Å². The van der Waals surface area contributed by atoms with Crippen molar-refractivity contribution in [2.24, 2.45) is 0 Å². The van der Waals surface area contributed by atoms with Crippen LogP contribution < -0.4 is 10.2 Å². The summed E-state index contributed by atoms with van der Waals surface area (Å²) in [7, 11) is 0. The molecular formula is C30H31F2N5O. The number of amides is 1. The molecule has 0 radical (unpaired) electrons. The predicted molar refractivity (Wildman–Crippen MR) is 142 cm³/mol. The summed E-state index contributed by atoms with van der Waals surface area (Å²) >= 11 is 0. The SMILES string of the molecule is N#Cc1ccc(N2CCN(C(=O)[C@@H]3C[C@H](NCc4ccc(F)cc4F)CN3Cc3ccccc3)CC2)cc1. The van der Waals surface area contributed by atoms with E-state index in [1.807, 2.05) is 47.4 Å². The molecule has 196 valence electrons. The highest BCUT2D eigenvalue weighted by atomic mass is 19.1. The number of halogens is 2. The average molecular weight is 516 g/mol. The first-order valence-electron chi connectivity index (χ1n) is 13.0. The van der Waals surface area contributed by atoms with Crippen molar-refractivity contribution in [2.45, 2.75) is 31.6 Å². The van der Waals surface area contributed by atoms with E-state index in [0.29, 0.717) is 43.7 Å². The van der Waals surface area contributed by atoms with Gasteiger partial charge in [0.15, 0.2) is 0 Å². The molecule has 0 unspecified atom stereocenters. The van der Waals surface area contributed by atoms with Crippen molar-refractivity contribution >= 4 is 11.6 Å². The van der Waals surface area contributed by atoms with Crippen LogP contribution >= 0.6 is 0 Å². The summed E-state index contributed by atoms with van der Waals surface area (Å²) in [6.45, 7) is 4.33. The van der Waals surface area contributed by atoms with Gasteiger partial charge < -0.3 is 15.1 Å². The van der Waals surface area contributed by atoms with Gasteiger partial charge in [0, 0.05) is 69.2 Å². The molecule has 0 aliphatic carbocycles. The minimum absolute atomic E-state index is 0.0112. The molecule has 2 aliphatic rings. The van der Waals surface area contributed by atoms with E-state index in [0.717, 1.165) is 30.4 Å². The first kappa shape index (κ1) is 25.8. The van der Waals surface area contributed by atoms with Gasteiger partial charge >= 0.3 is 0 Å². The van der Waals surface area contributed by atoms with Crippen molar-refractivity contribution in [2.75, 3.05) is 37.6 Å². The molecule has 0 saturated carbocycles. The van der Waals surface area contributed by atoms with E-state index in [4.69, 9.17) is 5.26 Å². The second-order valence-electron chi connectivity index (χ2n) is 9.95. The number of carbonyl (C=O) groups is 1. The molecule has 2 fully saturated rings. The van der Waals surface area contributed by atoms with E-state index >= 15 is 0 Å². The van der Waals surface area contributed by atoms with Crippen LogP contribution in [-0.2, 0) is 17.9 Å². The summed E-state index contributed by atoms with van der Waals surface area (Å²) in [5, 5.41) is 12.4. The van der Waals surface area contributed by atoms with Gasteiger partial charge in [-0.1, -0.05) is 36.4 Å². The number of hydrogen-bond donors (Lipinski definition) is 1. The van der Waals surface area contributed by atoms with Crippen LogP contribution in [0.5, 0.6) is 0 Å². The van der Waals surface area contributed by atoms with E-state index in [1.165, 1.54) is 12.1 Å². The zero-order chi connectivity index (χ0) is 26.5. The highest BCUT2D eigenvalue weighted by Gasteiger charge is 2.39. The second kappa shape index (κ2) is 11.7. The maximum Gasteiger partial charge on any atom is 0.240 e. The lowest BCUT2D eigenvalue weighted by Crippen LogP contribution is -2.53. The maximum absolute atomic E-state index is 14.2. The fourth-order valence-corrected chi connectivity index (χ4v) is 5.36. The van der Waals surface area contributed by atoms with Gasteiger partial charge in [0.05, 0.1) is 17.7 Å². The fourth-order valence-electron chi connectivity index (χ4n) is 5.36. The number of piperazine rings is 1. The molecule has 0 aromatic heterocycles. The largest absolute Gasteiger partial charge is 0.368 e. The van der Waals surface area contributed by atoms with Crippen molar-refractivity contribution in [3.05, 3.63) is 101 Å². The first-order valence-corrected chi connectivity index (χ1v) is 13.0. The fraction of sp³-hybridized carbons (Fsp3) is 0.333. The number of benzene rings is 3. The molecule has 2 atom stereocenters. The van der Waals surface area contributed by atoms with Crippen LogP contribution in [0.1, 0.15) is 23.1 Å². The molecule has 0 bridgehead atoms. The van der Waals surface area contributed by atoms with Crippen LogP contribution in [0.4, 0.5) is 14.5 Å². The Morgan fingerprint density at radius 3 is 2.39 bits per heavy atom. The molecule has 5 rings (SSSR count). The maximum atomic E-state index is 14.2. The van der Waals surface area contributed by atoms with E-state index in [9.17, 15) is 13.6 Å². The predicted octanol–water partition coefficient (Wildman–Crippen LogP) is 3.92. The highest BCUT2D eigenvalue weighted by molar-refractivity contribution is 5.82. The Hall–Kier alpha value is -3.80. The smallest absolute Gasteiger partial charge is 0.240 e. The molecule has 0 spiro atoms. The molecule has 38 heavy (non-hydrogen) atoms. The Bertz CT molecular complexity index is 1290. The van der Waals surface area contributed by atoms with Crippen molar-refractivity contribution in [3.63, 3.8) is 0 Å². The third-order valence-electron chi connectivity index (χ3n) is 7.47. The molecular weight excluding hydrogens is 484 g/mol. The Kier molecular flexibility index (Phi) is 7.97. The average Bonchev–Trinajstić information content (AvgIpc) is 3.35. The quantitative estimate of drug-likeness (QED) is 0.517. The Morgan fingerprint density at radius 1 is 0.974 bits per heavy atom. The van der Waals surface area contributed by atoms with Gasteiger partial charge in [0.2, 0.25) is 5.91 Å². The number of nitrogens with zero attached hydrogens (tertiary/aromatic N) is 4. The monoisotopic (exact) mass is 515 g/mol. The second-order valence-corrected chi connectivity index (χ2v) is 9.95. The molecule has 6 nitrogen and oxygen atoms in total. The number of rotatable bonds is 7. The summed E-state index contributed by atoms with van der Waals surface area (Å²) < 4.78 is 27.5. The lowest BCUT2D eigenvalue weighted by molar-refractivity contribution is -0.136. The Labute approximate surface area is 222 Å². The van der Waals surface area contributed by atoms with E-state index in [-0.39, 0.29) is 24.5 Å². The van der Waals surface area contributed by atoms with Gasteiger partial charge in [-0.25, -0.2) is 8.78 Å². The van der Waals surface area contributed by atoms with Crippen molar-refractivity contribution in [1.29, 1.82) is 5.26 Å². The first-order chi connectivity index (χ1) is 18.5. The molecule has 1 amide bonds. The number of likely N-dealkylation sites (tertiary alicyclic amines) is 1. The third-order valence-corrected chi connectivity index (χ3v) is 7.47. The molecule has 3 aromatic rings. The van der Waals surface area contributed by atoms with E-state index < -0.39 is 11.6 Å². The van der Waals surface area contributed by atoms with Crippen LogP contribution in [0.3, 0.4) is 0 Å². The van der Waals surface area contributed by atoms with Crippen LogP contribution in [-0.4, -0.2) is 60.5 Å². The van der Waals surface area contributed by atoms with Crippen LogP contribution in [0.25, 0.3) is 0 Å². The van der Waals surface area contributed by atoms with Crippen LogP contribution in [0.15, 0.2) is 72.8 Å². The number of nitrogens with one attached hydrogen (secondary N) is 1. The number of anilines is 1. The van der Waals surface area contributed by atoms with Gasteiger partial charge in [0.1, 0.15) is 11.6 Å². The summed E-state index contributed by atoms with van der Waals surface area (Å²) in [4.78, 5) is 20.1. The summed E-state index contributed by atoms with van der Waals surface area (Å²) in [6.07, 6.45) is 0.629. The number of nitriles is 1. The minimum atomic E-state index is -0.592. The number of hydrogen-bond acceptors (Lipinski definition) is 5. The zero-order valence-electron chi connectivity index (χ0n) is 21.2. The lowest BCUT2D eigenvalue weighted by atomic mass is 10.1. The van der Waals surface area contributed by atoms with Crippen molar-refractivity contribution < 1.29 is 13.6 Å². The Morgan fingerprint density at radius 2 is 1.71 bits per heavy atom. The summed E-state index contributed by atoms with van der Waals surface area (Å²) in [5.41, 5.74) is 3.24. The molecule has 8 heteroatoms. The van der Waals surface area contributed by atoms with Crippen LogP contribution in [0.2, 0.25) is 0 Å². The van der Waals surface area contributed by atoms with Gasteiger partial charge in [-0.3, -0.25) is 9.69 Å². The number of carbonyl (C=O) groups excluding carboxylic acids is 1. The van der Waals surface area contributed by atoms with Gasteiger partial charge in [-0.15, -0.1) is 0 Å². The van der Waals surface area contributed by atoms with Gasteiger partial charge in [-0.05, 0) is 42.3 Å². The van der Waals surface area contributed by atoms with Crippen molar-refractivity contribution in [1.82, 2.24) is 15.1 Å². The highest BCUT2D eigenvalue weighted by Crippen LogP contribution is 2.25. The van der Waals surface area contributed by atoms with Gasteiger partial charge in [0.25, 0.3) is 0 Å². The summed E-state index contributed by atoms with van der Waals surface area (Å²) in [5.74, 6) is -1.03. The topological polar surface area (TPSA) is 62.6 Å². The molecule has 2 saturated heterocycles. The van der Waals surface area contributed by atoms with E-state index in [1.54, 1.807) is 0 Å². The standard InChI is InChI=1S/C30H31F2N5O/c31-25-9-8-24(28(32)16-25)19-34-26-17-29(37(21-26)20-23-4-2-1-3-5-23)30(38)36-14-12-35(13-15-36)27-10-6-22(18-33)7-11-27/h1-11,16,26,29,34H,12-15,17,19-21H2/t26-,29-/m0/s1.